The lowest BCUT2D eigenvalue weighted by molar-refractivity contribution is -0.120. The van der Waals surface area contributed by atoms with Gasteiger partial charge in [0.2, 0.25) is 11.8 Å². The molecule has 0 bridgehead atoms. The van der Waals surface area contributed by atoms with Crippen LogP contribution in [0.1, 0.15) is 18.1 Å². The van der Waals surface area contributed by atoms with Gasteiger partial charge in [0.25, 0.3) is 0 Å². The topological polar surface area (TPSA) is 49.4 Å². The van der Waals surface area contributed by atoms with Gasteiger partial charge in [-0.15, -0.1) is 0 Å². The van der Waals surface area contributed by atoms with Gasteiger partial charge < -0.3 is 10.2 Å². The van der Waals surface area contributed by atoms with E-state index in [1.54, 1.807) is 0 Å². The molecule has 0 spiro atoms. The zero-order valence-electron chi connectivity index (χ0n) is 13.1. The summed E-state index contributed by atoms with van der Waals surface area (Å²) >= 11 is 0. The molecule has 2 aromatic carbocycles. The zero-order chi connectivity index (χ0) is 16.1. The summed E-state index contributed by atoms with van der Waals surface area (Å²) in [6.07, 6.45) is 0. The summed E-state index contributed by atoms with van der Waals surface area (Å²) in [5.41, 5.74) is 3.58. The Morgan fingerprint density at radius 2 is 1.73 bits per heavy atom. The smallest absolute Gasteiger partial charge is 0.244 e. The second-order valence-electron chi connectivity index (χ2n) is 5.31. The van der Waals surface area contributed by atoms with Gasteiger partial charge in [-0.3, -0.25) is 9.59 Å². The fraction of sp³-hybridized carbons (Fsp3) is 0.222. The first-order valence-electron chi connectivity index (χ1n) is 7.17. The maximum absolute atomic E-state index is 12.2. The largest absolute Gasteiger partial charge is 0.325 e. The second-order valence-corrected chi connectivity index (χ2v) is 5.31. The van der Waals surface area contributed by atoms with Gasteiger partial charge in [0, 0.05) is 18.3 Å². The SMILES string of the molecule is CC(=O)N(CC(=O)Nc1ccccc1)c1ccc(C)cc1C. The van der Waals surface area contributed by atoms with Crippen molar-refractivity contribution in [2.45, 2.75) is 20.8 Å². The van der Waals surface area contributed by atoms with Gasteiger partial charge in [0.1, 0.15) is 6.54 Å². The molecule has 0 heterocycles. The number of rotatable bonds is 4. The Labute approximate surface area is 130 Å². The Bertz CT molecular complexity index is 681. The van der Waals surface area contributed by atoms with Crippen molar-refractivity contribution in [3.63, 3.8) is 0 Å². The number of hydrogen-bond donors (Lipinski definition) is 1. The van der Waals surface area contributed by atoms with E-state index in [0.29, 0.717) is 0 Å². The number of nitrogens with zero attached hydrogens (tertiary/aromatic N) is 1. The highest BCUT2D eigenvalue weighted by Crippen LogP contribution is 2.21. The van der Waals surface area contributed by atoms with Crippen LogP contribution in [-0.4, -0.2) is 18.4 Å². The molecule has 2 rings (SSSR count). The molecule has 0 aromatic heterocycles. The van der Waals surface area contributed by atoms with Gasteiger partial charge >= 0.3 is 0 Å². The van der Waals surface area contributed by atoms with Crippen LogP contribution in [0, 0.1) is 13.8 Å². The van der Waals surface area contributed by atoms with E-state index in [0.717, 1.165) is 22.5 Å². The standard InChI is InChI=1S/C18H20N2O2/c1-13-9-10-17(14(2)11-13)20(15(3)21)12-18(22)19-16-7-5-4-6-8-16/h4-11H,12H2,1-3H3,(H,19,22). The van der Waals surface area contributed by atoms with Crippen LogP contribution in [-0.2, 0) is 9.59 Å². The van der Waals surface area contributed by atoms with E-state index >= 15 is 0 Å². The average molecular weight is 296 g/mol. The van der Waals surface area contributed by atoms with Crippen LogP contribution >= 0.6 is 0 Å². The third-order valence-electron chi connectivity index (χ3n) is 3.38. The highest BCUT2D eigenvalue weighted by Gasteiger charge is 2.17. The maximum Gasteiger partial charge on any atom is 0.244 e. The molecule has 0 fully saturated rings. The highest BCUT2D eigenvalue weighted by molar-refractivity contribution is 6.02. The predicted molar refractivity (Wildman–Crippen MR) is 89.0 cm³/mol. The minimum absolute atomic E-state index is 0.00582. The molecule has 4 nitrogen and oxygen atoms in total. The van der Waals surface area contributed by atoms with E-state index in [4.69, 9.17) is 0 Å². The summed E-state index contributed by atoms with van der Waals surface area (Å²) in [4.78, 5) is 25.6. The van der Waals surface area contributed by atoms with Gasteiger partial charge in [-0.05, 0) is 37.6 Å². The summed E-state index contributed by atoms with van der Waals surface area (Å²) in [6.45, 7) is 5.40. The molecule has 1 N–H and O–H groups in total. The van der Waals surface area contributed by atoms with E-state index in [1.807, 2.05) is 62.4 Å². The minimum Gasteiger partial charge on any atom is -0.325 e. The third-order valence-corrected chi connectivity index (χ3v) is 3.38. The summed E-state index contributed by atoms with van der Waals surface area (Å²) in [5.74, 6) is -0.378. The van der Waals surface area contributed by atoms with Crippen LogP contribution in [0.3, 0.4) is 0 Å². The van der Waals surface area contributed by atoms with Crippen LogP contribution in [0.4, 0.5) is 11.4 Å². The van der Waals surface area contributed by atoms with Crippen molar-refractivity contribution in [1.82, 2.24) is 0 Å². The monoisotopic (exact) mass is 296 g/mol. The molecule has 2 amide bonds. The van der Waals surface area contributed by atoms with Gasteiger partial charge in [0.05, 0.1) is 0 Å². The van der Waals surface area contributed by atoms with Crippen molar-refractivity contribution in [2.75, 3.05) is 16.8 Å². The van der Waals surface area contributed by atoms with Gasteiger partial charge in [0.15, 0.2) is 0 Å². The quantitative estimate of drug-likeness (QED) is 0.941. The van der Waals surface area contributed by atoms with Crippen LogP contribution in [0.5, 0.6) is 0 Å². The first-order chi connectivity index (χ1) is 10.5. The molecular weight excluding hydrogens is 276 g/mol. The average Bonchev–Trinajstić information content (AvgIpc) is 2.46. The third kappa shape index (κ3) is 3.95. The Kier molecular flexibility index (Phi) is 4.94. The predicted octanol–water partition coefficient (Wildman–Crippen LogP) is 3.30. The molecule has 0 aliphatic carbocycles. The number of carbonyl (C=O) groups excluding carboxylic acids is 2. The molecule has 0 saturated carbocycles. The molecule has 114 valence electrons. The Balaban J connectivity index is 2.15. The Morgan fingerprint density at radius 3 is 2.32 bits per heavy atom. The summed E-state index contributed by atoms with van der Waals surface area (Å²) in [7, 11) is 0. The van der Waals surface area contributed by atoms with Crippen molar-refractivity contribution in [1.29, 1.82) is 0 Å². The number of amides is 2. The van der Waals surface area contributed by atoms with Gasteiger partial charge in [-0.1, -0.05) is 35.9 Å². The molecular formula is C18H20N2O2. The lowest BCUT2D eigenvalue weighted by Gasteiger charge is -2.23. The van der Waals surface area contributed by atoms with Crippen LogP contribution in [0.2, 0.25) is 0 Å². The normalized spacial score (nSPS) is 10.1. The summed E-state index contributed by atoms with van der Waals surface area (Å²) < 4.78 is 0. The zero-order valence-corrected chi connectivity index (χ0v) is 13.1. The van der Waals surface area contributed by atoms with Crippen LogP contribution < -0.4 is 10.2 Å². The lowest BCUT2D eigenvalue weighted by atomic mass is 10.1. The van der Waals surface area contributed by atoms with Crippen LogP contribution in [0.25, 0.3) is 0 Å². The molecule has 0 unspecified atom stereocenters. The number of benzene rings is 2. The fourth-order valence-corrected chi connectivity index (χ4v) is 2.34. The van der Waals surface area contributed by atoms with E-state index in [2.05, 4.69) is 5.32 Å². The first-order valence-corrected chi connectivity index (χ1v) is 7.17. The molecule has 0 aliphatic heterocycles. The number of hydrogen-bond acceptors (Lipinski definition) is 2. The van der Waals surface area contributed by atoms with E-state index in [-0.39, 0.29) is 18.4 Å². The van der Waals surface area contributed by atoms with Crippen molar-refractivity contribution in [3.05, 3.63) is 59.7 Å². The molecule has 0 radical (unpaired) electrons. The number of para-hydroxylation sites is 1. The molecule has 2 aromatic rings. The molecule has 22 heavy (non-hydrogen) atoms. The maximum atomic E-state index is 12.2. The number of anilines is 2. The van der Waals surface area contributed by atoms with Crippen LogP contribution in [0.15, 0.2) is 48.5 Å². The molecule has 0 atom stereocenters. The molecule has 4 heteroatoms. The van der Waals surface area contributed by atoms with E-state index in [1.165, 1.54) is 11.8 Å². The number of aryl methyl sites for hydroxylation is 2. The Hall–Kier alpha value is -2.62. The summed E-state index contributed by atoms with van der Waals surface area (Å²) in [6, 6.07) is 15.0. The fourth-order valence-electron chi connectivity index (χ4n) is 2.34. The first kappa shape index (κ1) is 15.8. The highest BCUT2D eigenvalue weighted by atomic mass is 16.2. The van der Waals surface area contributed by atoms with Gasteiger partial charge in [-0.25, -0.2) is 0 Å². The second kappa shape index (κ2) is 6.89. The van der Waals surface area contributed by atoms with Gasteiger partial charge in [-0.2, -0.15) is 0 Å². The molecule has 0 saturated heterocycles. The number of carbonyl (C=O) groups is 2. The van der Waals surface area contributed by atoms with E-state index < -0.39 is 0 Å². The van der Waals surface area contributed by atoms with Crippen molar-refractivity contribution < 1.29 is 9.59 Å². The van der Waals surface area contributed by atoms with E-state index in [9.17, 15) is 9.59 Å². The van der Waals surface area contributed by atoms with Crippen molar-refractivity contribution in [2.24, 2.45) is 0 Å². The number of nitrogens with one attached hydrogen (secondary N) is 1. The van der Waals surface area contributed by atoms with Crippen molar-refractivity contribution in [3.8, 4) is 0 Å². The lowest BCUT2D eigenvalue weighted by Crippen LogP contribution is -2.37. The summed E-state index contributed by atoms with van der Waals surface area (Å²) in [5, 5.41) is 2.80. The Morgan fingerprint density at radius 1 is 1.05 bits per heavy atom. The molecule has 0 aliphatic rings. The minimum atomic E-state index is -0.221. The van der Waals surface area contributed by atoms with Crippen molar-refractivity contribution >= 4 is 23.2 Å².